The number of rotatable bonds is 11. The van der Waals surface area contributed by atoms with Gasteiger partial charge in [-0.05, 0) is 66.0 Å². The fraction of sp³-hybridized carbons (Fsp3) is 0.679. The largest absolute Gasteiger partial charge is 0.493 e. The standard InChI is InChI=1S/C28H41NO7/c1-17(2)8-11-23-27(5,36-23)26-25(32-7)21(12-13-28(26)16-33-28)35-24(30)15-29-19-9-10-20(31-6)22(14-19)34-18(3)4/h8-10,14,18,21,23,25-26,29H,11-13,15-16H2,1-7H3/t21-,23-,25-,26-,27-,28+/m1/s1. The molecule has 6 atom stereocenters. The van der Waals surface area contributed by atoms with Gasteiger partial charge in [0, 0.05) is 18.9 Å². The Bertz CT molecular complexity index is 969. The second-order valence-corrected chi connectivity index (χ2v) is 10.8. The molecule has 0 radical (unpaired) electrons. The highest BCUT2D eigenvalue weighted by molar-refractivity contribution is 5.75. The lowest BCUT2D eigenvalue weighted by molar-refractivity contribution is -0.170. The van der Waals surface area contributed by atoms with Crippen LogP contribution in [-0.2, 0) is 23.7 Å². The van der Waals surface area contributed by atoms with Crippen LogP contribution in [-0.4, -0.2) is 69.0 Å². The lowest BCUT2D eigenvalue weighted by Gasteiger charge is -2.42. The Morgan fingerprint density at radius 3 is 2.61 bits per heavy atom. The van der Waals surface area contributed by atoms with Crippen LogP contribution in [0.1, 0.15) is 53.9 Å². The third kappa shape index (κ3) is 5.66. The van der Waals surface area contributed by atoms with Crippen molar-refractivity contribution in [3.05, 3.63) is 29.8 Å². The van der Waals surface area contributed by atoms with Crippen LogP contribution in [0.5, 0.6) is 11.5 Å². The van der Waals surface area contributed by atoms with E-state index in [2.05, 4.69) is 32.2 Å². The molecule has 1 aromatic rings. The molecule has 0 aromatic heterocycles. The molecule has 0 unspecified atom stereocenters. The molecule has 8 heteroatoms. The van der Waals surface area contributed by atoms with E-state index < -0.39 is 0 Å². The summed E-state index contributed by atoms with van der Waals surface area (Å²) >= 11 is 0. The maximum Gasteiger partial charge on any atom is 0.325 e. The first-order chi connectivity index (χ1) is 17.1. The molecule has 200 valence electrons. The average molecular weight is 504 g/mol. The molecule has 4 rings (SSSR count). The number of methoxy groups -OCH3 is 2. The number of carbonyl (C=O) groups is 1. The Balaban J connectivity index is 1.39. The molecule has 0 amide bonds. The van der Waals surface area contributed by atoms with Gasteiger partial charge in [-0.15, -0.1) is 0 Å². The van der Waals surface area contributed by atoms with Gasteiger partial charge in [0.25, 0.3) is 0 Å². The van der Waals surface area contributed by atoms with Gasteiger partial charge in [-0.2, -0.15) is 0 Å². The van der Waals surface area contributed by atoms with Crippen LogP contribution in [0.25, 0.3) is 0 Å². The third-order valence-electron chi connectivity index (χ3n) is 7.48. The quantitative estimate of drug-likeness (QED) is 0.268. The minimum atomic E-state index is -0.359. The molecule has 0 bridgehead atoms. The molecule has 1 aliphatic carbocycles. The highest BCUT2D eigenvalue weighted by atomic mass is 16.6. The fourth-order valence-electron chi connectivity index (χ4n) is 5.59. The van der Waals surface area contributed by atoms with Crippen LogP contribution in [0, 0.1) is 5.92 Å². The van der Waals surface area contributed by atoms with Gasteiger partial charge < -0.3 is 33.7 Å². The lowest BCUT2D eigenvalue weighted by Crippen LogP contribution is -2.55. The van der Waals surface area contributed by atoms with Crippen LogP contribution < -0.4 is 14.8 Å². The summed E-state index contributed by atoms with van der Waals surface area (Å²) in [5, 5.41) is 3.14. The van der Waals surface area contributed by atoms with Crippen molar-refractivity contribution in [2.45, 2.75) is 89.5 Å². The Hall–Kier alpha value is -2.29. The average Bonchev–Trinajstić information content (AvgIpc) is 3.74. The minimum absolute atomic E-state index is 0.00185. The maximum atomic E-state index is 12.9. The minimum Gasteiger partial charge on any atom is -0.493 e. The van der Waals surface area contributed by atoms with Gasteiger partial charge >= 0.3 is 5.97 Å². The van der Waals surface area contributed by atoms with Crippen LogP contribution in [0.3, 0.4) is 0 Å². The van der Waals surface area contributed by atoms with Gasteiger partial charge in [-0.3, -0.25) is 4.79 Å². The molecular weight excluding hydrogens is 462 g/mol. The molecule has 36 heavy (non-hydrogen) atoms. The van der Waals surface area contributed by atoms with Crippen molar-refractivity contribution in [3.8, 4) is 11.5 Å². The number of ether oxygens (including phenoxy) is 6. The summed E-state index contributed by atoms with van der Waals surface area (Å²) in [5.41, 5.74) is 1.42. The van der Waals surface area contributed by atoms with Crippen molar-refractivity contribution in [2.24, 2.45) is 5.92 Å². The first kappa shape index (κ1) is 26.8. The summed E-state index contributed by atoms with van der Waals surface area (Å²) in [6.07, 6.45) is 4.06. The van der Waals surface area contributed by atoms with Crippen LogP contribution in [0.15, 0.2) is 29.8 Å². The highest BCUT2D eigenvalue weighted by Crippen LogP contribution is 2.59. The van der Waals surface area contributed by atoms with Gasteiger partial charge in [0.1, 0.15) is 30.0 Å². The van der Waals surface area contributed by atoms with Crippen LogP contribution >= 0.6 is 0 Å². The van der Waals surface area contributed by atoms with Crippen molar-refractivity contribution >= 4 is 11.7 Å². The number of hydrogen-bond acceptors (Lipinski definition) is 8. The third-order valence-corrected chi connectivity index (χ3v) is 7.48. The van der Waals surface area contributed by atoms with Gasteiger partial charge in [-0.25, -0.2) is 0 Å². The Kier molecular flexibility index (Phi) is 7.88. The molecule has 2 heterocycles. The predicted octanol–water partition coefficient (Wildman–Crippen LogP) is 4.51. The van der Waals surface area contributed by atoms with Crippen molar-refractivity contribution in [2.75, 3.05) is 32.7 Å². The number of hydrogen-bond donors (Lipinski definition) is 1. The number of anilines is 1. The summed E-state index contributed by atoms with van der Waals surface area (Å²) in [5.74, 6) is 0.930. The summed E-state index contributed by atoms with van der Waals surface area (Å²) in [6.45, 7) is 11.0. The number of carbonyl (C=O) groups excluding carboxylic acids is 1. The van der Waals surface area contributed by atoms with Crippen molar-refractivity contribution < 1.29 is 33.2 Å². The second-order valence-electron chi connectivity index (χ2n) is 10.8. The van der Waals surface area contributed by atoms with Crippen LogP contribution in [0.4, 0.5) is 5.69 Å². The molecule has 1 aromatic carbocycles. The number of allylic oxidation sites excluding steroid dienone is 1. The molecule has 8 nitrogen and oxygen atoms in total. The normalized spacial score (nSPS) is 32.7. The van der Waals surface area contributed by atoms with Gasteiger partial charge in [0.2, 0.25) is 0 Å². The maximum absolute atomic E-state index is 12.9. The van der Waals surface area contributed by atoms with Gasteiger partial charge in [0.15, 0.2) is 11.5 Å². The predicted molar refractivity (Wildman–Crippen MR) is 137 cm³/mol. The van der Waals surface area contributed by atoms with E-state index in [1.165, 1.54) is 5.57 Å². The molecule has 3 fully saturated rings. The molecule has 2 aliphatic heterocycles. The van der Waals surface area contributed by atoms with Crippen molar-refractivity contribution in [3.63, 3.8) is 0 Å². The van der Waals surface area contributed by atoms with E-state index in [0.717, 1.165) is 18.5 Å². The Labute approximate surface area is 214 Å². The first-order valence-electron chi connectivity index (χ1n) is 12.9. The van der Waals surface area contributed by atoms with E-state index in [-0.39, 0.29) is 54.0 Å². The smallest absolute Gasteiger partial charge is 0.325 e. The van der Waals surface area contributed by atoms with E-state index in [0.29, 0.717) is 24.5 Å². The van der Waals surface area contributed by atoms with Gasteiger partial charge in [-0.1, -0.05) is 11.6 Å². The molecule has 1 saturated carbocycles. The monoisotopic (exact) mass is 503 g/mol. The zero-order valence-corrected chi connectivity index (χ0v) is 22.6. The van der Waals surface area contributed by atoms with E-state index in [1.54, 1.807) is 14.2 Å². The molecule has 1 spiro atoms. The Morgan fingerprint density at radius 2 is 2.00 bits per heavy atom. The van der Waals surface area contributed by atoms with E-state index in [9.17, 15) is 4.79 Å². The summed E-state index contributed by atoms with van der Waals surface area (Å²) in [7, 11) is 3.28. The fourth-order valence-corrected chi connectivity index (χ4v) is 5.59. The van der Waals surface area contributed by atoms with E-state index in [4.69, 9.17) is 28.4 Å². The second kappa shape index (κ2) is 10.6. The molecule has 3 aliphatic rings. The number of esters is 1. The summed E-state index contributed by atoms with van der Waals surface area (Å²) in [6, 6.07) is 5.49. The van der Waals surface area contributed by atoms with Gasteiger partial charge in [0.05, 0.1) is 31.8 Å². The SMILES string of the molecule is COc1ccc(NCC(=O)O[C@@H]2CC[C@]3(CO3)[C@@H]([C@]3(C)O[C@@H]3CC=C(C)C)[C@@H]2OC)cc1OC(C)C. The lowest BCUT2D eigenvalue weighted by atomic mass is 9.68. The van der Waals surface area contributed by atoms with E-state index >= 15 is 0 Å². The highest BCUT2D eigenvalue weighted by Gasteiger charge is 2.72. The molecule has 1 N–H and O–H groups in total. The number of epoxide rings is 2. The zero-order valence-electron chi connectivity index (χ0n) is 22.6. The van der Waals surface area contributed by atoms with E-state index in [1.807, 2.05) is 32.0 Å². The van der Waals surface area contributed by atoms with Crippen molar-refractivity contribution in [1.29, 1.82) is 0 Å². The first-order valence-corrected chi connectivity index (χ1v) is 12.9. The van der Waals surface area contributed by atoms with Crippen LogP contribution in [0.2, 0.25) is 0 Å². The number of nitrogens with one attached hydrogen (secondary N) is 1. The zero-order chi connectivity index (χ0) is 26.1. The molecular formula is C28H41NO7. The Morgan fingerprint density at radius 1 is 1.25 bits per heavy atom. The molecule has 2 saturated heterocycles. The summed E-state index contributed by atoms with van der Waals surface area (Å²) < 4.78 is 35.3. The number of benzene rings is 1. The topological polar surface area (TPSA) is 91.1 Å². The van der Waals surface area contributed by atoms with Crippen molar-refractivity contribution in [1.82, 2.24) is 0 Å². The summed E-state index contributed by atoms with van der Waals surface area (Å²) in [4.78, 5) is 12.9.